The summed E-state index contributed by atoms with van der Waals surface area (Å²) in [6.07, 6.45) is 0. The third-order valence-electron chi connectivity index (χ3n) is 3.51. The lowest BCUT2D eigenvalue weighted by Crippen LogP contribution is -2.56. The van der Waals surface area contributed by atoms with Crippen LogP contribution in [-0.4, -0.2) is 34.4 Å². The number of carbonyl (C=O) groups is 2. The Hall–Kier alpha value is -2.33. The molecule has 0 saturated heterocycles. The Bertz CT molecular complexity index is 739. The highest BCUT2D eigenvalue weighted by Gasteiger charge is 2.33. The fourth-order valence-electron chi connectivity index (χ4n) is 2.49. The number of hydrogen-bond donors (Lipinski definition) is 0. The Morgan fingerprint density at radius 2 is 1.46 bits per heavy atom. The van der Waals surface area contributed by atoms with Crippen LogP contribution in [0.3, 0.4) is 0 Å². The third-order valence-corrected chi connectivity index (χ3v) is 3.75. The largest absolute Gasteiger partial charge is 0.273 e. The Morgan fingerprint density at radius 1 is 0.875 bits per heavy atom. The normalized spacial score (nSPS) is 11.0. The van der Waals surface area contributed by atoms with Crippen LogP contribution < -0.4 is 0 Å². The predicted molar refractivity (Wildman–Crippen MR) is 95.9 cm³/mol. The first kappa shape index (κ1) is 18.0. The van der Waals surface area contributed by atoms with Gasteiger partial charge >= 0.3 is 0 Å². The number of carbonyl (C=O) groups excluding carboxylic acids is 2. The molecule has 2 aromatic rings. The Balaban J connectivity index is 2.39. The van der Waals surface area contributed by atoms with Gasteiger partial charge in [0, 0.05) is 23.2 Å². The number of hydrogen-bond acceptors (Lipinski definition) is 2. The minimum absolute atomic E-state index is 0.249. The molecule has 4 nitrogen and oxygen atoms in total. The van der Waals surface area contributed by atoms with E-state index in [4.69, 9.17) is 11.6 Å². The molecular weight excluding hydrogens is 324 g/mol. The van der Waals surface area contributed by atoms with Crippen LogP contribution in [0.1, 0.15) is 41.5 Å². The Morgan fingerprint density at radius 3 is 2.00 bits per heavy atom. The molecule has 126 valence electrons. The monoisotopic (exact) mass is 344 g/mol. The lowest BCUT2D eigenvalue weighted by atomic mass is 10.1. The van der Waals surface area contributed by atoms with Gasteiger partial charge in [-0.3, -0.25) is 9.59 Å². The molecule has 0 aliphatic carbocycles. The van der Waals surface area contributed by atoms with Crippen molar-refractivity contribution < 1.29 is 9.59 Å². The maximum Gasteiger partial charge on any atom is 0.273 e. The summed E-state index contributed by atoms with van der Waals surface area (Å²) in [7, 11) is 1.60. The smallest absolute Gasteiger partial charge is 0.267 e. The first-order valence-electron chi connectivity index (χ1n) is 7.65. The lowest BCUT2D eigenvalue weighted by molar-refractivity contribution is -0.0308. The highest BCUT2D eigenvalue weighted by atomic mass is 35.5. The summed E-state index contributed by atoms with van der Waals surface area (Å²) in [5.74, 6) is -0.530. The van der Waals surface area contributed by atoms with Gasteiger partial charge in [0.1, 0.15) is 0 Å². The van der Waals surface area contributed by atoms with E-state index >= 15 is 0 Å². The van der Waals surface area contributed by atoms with Crippen LogP contribution in [0.4, 0.5) is 0 Å². The SMILES string of the molecule is CN(C(=O)c1ccccc1)N(C(=O)c1cccc(Cl)c1)C(C)(C)C. The van der Waals surface area contributed by atoms with Gasteiger partial charge in [0.25, 0.3) is 11.8 Å². The summed E-state index contributed by atoms with van der Waals surface area (Å²) >= 11 is 5.99. The highest BCUT2D eigenvalue weighted by molar-refractivity contribution is 6.31. The zero-order valence-electron chi connectivity index (χ0n) is 14.3. The van der Waals surface area contributed by atoms with Crippen molar-refractivity contribution in [1.29, 1.82) is 0 Å². The van der Waals surface area contributed by atoms with Gasteiger partial charge in [-0.1, -0.05) is 35.9 Å². The van der Waals surface area contributed by atoms with Gasteiger partial charge in [0.15, 0.2) is 0 Å². The minimum atomic E-state index is -0.585. The molecule has 0 atom stereocenters. The summed E-state index contributed by atoms with van der Waals surface area (Å²) in [5.41, 5.74) is 0.372. The van der Waals surface area contributed by atoms with Crippen molar-refractivity contribution in [2.75, 3.05) is 7.05 Å². The number of benzene rings is 2. The average Bonchev–Trinajstić information content (AvgIpc) is 2.53. The van der Waals surface area contributed by atoms with E-state index in [2.05, 4.69) is 0 Å². The average molecular weight is 345 g/mol. The maximum atomic E-state index is 13.0. The topological polar surface area (TPSA) is 40.6 Å². The van der Waals surface area contributed by atoms with Gasteiger partial charge in [0.2, 0.25) is 0 Å². The van der Waals surface area contributed by atoms with Crippen molar-refractivity contribution in [3.05, 3.63) is 70.7 Å². The van der Waals surface area contributed by atoms with Crippen molar-refractivity contribution in [1.82, 2.24) is 10.0 Å². The van der Waals surface area contributed by atoms with Gasteiger partial charge in [-0.2, -0.15) is 0 Å². The van der Waals surface area contributed by atoms with Crippen LogP contribution in [0, 0.1) is 0 Å². The van der Waals surface area contributed by atoms with Crippen LogP contribution in [-0.2, 0) is 0 Å². The number of halogens is 1. The van der Waals surface area contributed by atoms with Crippen molar-refractivity contribution in [3.63, 3.8) is 0 Å². The second kappa shape index (κ2) is 7.05. The molecule has 0 heterocycles. The fraction of sp³-hybridized carbons (Fsp3) is 0.263. The van der Waals surface area contributed by atoms with Gasteiger partial charge < -0.3 is 0 Å². The van der Waals surface area contributed by atoms with E-state index in [1.54, 1.807) is 55.6 Å². The molecule has 0 unspecified atom stereocenters. The molecule has 0 radical (unpaired) electrons. The molecule has 2 aromatic carbocycles. The van der Waals surface area contributed by atoms with Crippen molar-refractivity contribution >= 4 is 23.4 Å². The zero-order valence-corrected chi connectivity index (χ0v) is 15.0. The van der Waals surface area contributed by atoms with E-state index in [0.717, 1.165) is 0 Å². The van der Waals surface area contributed by atoms with Gasteiger partial charge in [0.05, 0.1) is 5.54 Å². The third kappa shape index (κ3) is 3.95. The van der Waals surface area contributed by atoms with Crippen molar-refractivity contribution in [3.8, 4) is 0 Å². The molecular formula is C19H21ClN2O2. The molecule has 0 spiro atoms. The first-order valence-corrected chi connectivity index (χ1v) is 8.03. The van der Waals surface area contributed by atoms with Crippen LogP contribution in [0.15, 0.2) is 54.6 Å². The zero-order chi connectivity index (χ0) is 17.9. The molecule has 0 bridgehead atoms. The minimum Gasteiger partial charge on any atom is -0.267 e. The molecule has 2 rings (SSSR count). The number of amides is 2. The van der Waals surface area contributed by atoms with Crippen LogP contribution in [0.2, 0.25) is 5.02 Å². The second-order valence-electron chi connectivity index (χ2n) is 6.49. The molecule has 0 aromatic heterocycles. The summed E-state index contributed by atoms with van der Waals surface area (Å²) in [6, 6.07) is 15.6. The molecule has 0 aliphatic rings. The quantitative estimate of drug-likeness (QED) is 0.763. The molecule has 0 N–H and O–H groups in total. The summed E-state index contributed by atoms with van der Waals surface area (Å²) in [4.78, 5) is 25.7. The molecule has 0 fully saturated rings. The van der Waals surface area contributed by atoms with Gasteiger partial charge in [-0.05, 0) is 51.1 Å². The van der Waals surface area contributed by atoms with Crippen molar-refractivity contribution in [2.24, 2.45) is 0 Å². The number of hydrazine groups is 1. The van der Waals surface area contributed by atoms with E-state index < -0.39 is 5.54 Å². The van der Waals surface area contributed by atoms with Gasteiger partial charge in [-0.25, -0.2) is 10.0 Å². The standard InChI is InChI=1S/C19H21ClN2O2/c1-19(2,3)22(18(24)15-11-8-12-16(20)13-15)21(4)17(23)14-9-6-5-7-10-14/h5-13H,1-4H3. The highest BCUT2D eigenvalue weighted by Crippen LogP contribution is 2.22. The van der Waals surface area contributed by atoms with E-state index in [1.807, 2.05) is 26.8 Å². The summed E-state index contributed by atoms with van der Waals surface area (Å²) < 4.78 is 0. The van der Waals surface area contributed by atoms with E-state index in [1.165, 1.54) is 10.0 Å². The van der Waals surface area contributed by atoms with E-state index in [-0.39, 0.29) is 11.8 Å². The summed E-state index contributed by atoms with van der Waals surface area (Å²) in [6.45, 7) is 5.64. The predicted octanol–water partition coefficient (Wildman–Crippen LogP) is 4.27. The van der Waals surface area contributed by atoms with Crippen LogP contribution in [0.5, 0.6) is 0 Å². The first-order chi connectivity index (χ1) is 11.2. The molecule has 5 heteroatoms. The maximum absolute atomic E-state index is 13.0. The second-order valence-corrected chi connectivity index (χ2v) is 6.93. The molecule has 0 aliphatic heterocycles. The van der Waals surface area contributed by atoms with Crippen LogP contribution >= 0.6 is 11.6 Å². The number of nitrogens with zero attached hydrogens (tertiary/aromatic N) is 2. The van der Waals surface area contributed by atoms with Crippen LogP contribution in [0.25, 0.3) is 0 Å². The molecule has 24 heavy (non-hydrogen) atoms. The van der Waals surface area contributed by atoms with E-state index in [9.17, 15) is 9.59 Å². The lowest BCUT2D eigenvalue weighted by Gasteiger charge is -2.41. The summed E-state index contributed by atoms with van der Waals surface area (Å²) in [5, 5.41) is 3.29. The number of rotatable bonds is 2. The van der Waals surface area contributed by atoms with E-state index in [0.29, 0.717) is 16.1 Å². The Kier molecular flexibility index (Phi) is 5.30. The molecule has 0 saturated carbocycles. The van der Waals surface area contributed by atoms with Gasteiger partial charge in [-0.15, -0.1) is 0 Å². The Labute approximate surface area is 147 Å². The van der Waals surface area contributed by atoms with Crippen molar-refractivity contribution in [2.45, 2.75) is 26.3 Å². The fourth-order valence-corrected chi connectivity index (χ4v) is 2.68. The molecule has 2 amide bonds.